The second kappa shape index (κ2) is 7.91. The lowest BCUT2D eigenvalue weighted by molar-refractivity contribution is -0.255. The maximum Gasteiger partial charge on any atom is 0.299 e. The lowest BCUT2D eigenvalue weighted by Crippen LogP contribution is -2.61. The molecule has 0 amide bonds. The van der Waals surface area contributed by atoms with E-state index >= 15 is 0 Å². The molecule has 3 heterocycles. The Hall–Kier alpha value is -1.33. The standard InChI is InChI=1S/C21H38N6O3S/c1-18(2)9-13(10-19(3,4)26(18)28)22-15-23-16(25-17(31)24-15)30-14-11-20(5,6)27(29)21(7,8)12-14/h13-14,28-29H,9-12H2,1-8H3,(H2,22,23,24,25,31). The smallest absolute Gasteiger partial charge is 0.299 e. The summed E-state index contributed by atoms with van der Waals surface area (Å²) in [6.07, 6.45) is 2.66. The fourth-order valence-corrected chi connectivity index (χ4v) is 5.65. The molecule has 9 nitrogen and oxygen atoms in total. The molecule has 0 unspecified atom stereocenters. The first kappa shape index (κ1) is 24.3. The molecule has 2 aliphatic rings. The molecule has 0 spiro atoms. The van der Waals surface area contributed by atoms with Crippen molar-refractivity contribution in [2.45, 2.75) is 115 Å². The van der Waals surface area contributed by atoms with Crippen LogP contribution in [0.1, 0.15) is 81.1 Å². The number of nitrogens with one attached hydrogen (secondary N) is 2. The van der Waals surface area contributed by atoms with E-state index in [1.54, 1.807) is 0 Å². The molecule has 3 rings (SSSR count). The van der Waals surface area contributed by atoms with Gasteiger partial charge in [0.1, 0.15) is 6.10 Å². The third kappa shape index (κ3) is 5.19. The molecule has 0 bridgehead atoms. The zero-order chi connectivity index (χ0) is 23.4. The molecular weight excluding hydrogens is 416 g/mol. The monoisotopic (exact) mass is 454 g/mol. The van der Waals surface area contributed by atoms with Crippen LogP contribution in [0.3, 0.4) is 0 Å². The van der Waals surface area contributed by atoms with Crippen LogP contribution in [0, 0.1) is 4.77 Å². The Kier molecular flexibility index (Phi) is 6.21. The SMILES string of the molecule is CC1(C)CC(Nc2nc(=S)nc(OC3CC(C)(C)N(O)C(C)(C)C3)[nH]2)CC(C)(C)N1O. The summed E-state index contributed by atoms with van der Waals surface area (Å²) in [6, 6.07) is 0.417. The van der Waals surface area contributed by atoms with E-state index in [1.165, 1.54) is 10.1 Å². The van der Waals surface area contributed by atoms with Crippen molar-refractivity contribution in [1.29, 1.82) is 0 Å². The lowest BCUT2D eigenvalue weighted by atomic mass is 9.79. The number of aromatic amines is 1. The number of anilines is 1. The van der Waals surface area contributed by atoms with E-state index < -0.39 is 11.1 Å². The maximum absolute atomic E-state index is 10.5. The molecule has 0 radical (unpaired) electrons. The van der Waals surface area contributed by atoms with Crippen LogP contribution in [-0.4, -0.2) is 69.8 Å². The molecule has 2 aliphatic heterocycles. The van der Waals surface area contributed by atoms with Crippen molar-refractivity contribution >= 4 is 18.2 Å². The molecule has 0 aromatic carbocycles. The Morgan fingerprint density at radius 2 is 1.32 bits per heavy atom. The van der Waals surface area contributed by atoms with Crippen LogP contribution in [-0.2, 0) is 0 Å². The first-order valence-electron chi connectivity index (χ1n) is 10.9. The van der Waals surface area contributed by atoms with Gasteiger partial charge in [-0.15, -0.1) is 0 Å². The summed E-state index contributed by atoms with van der Waals surface area (Å²) < 4.78 is 6.39. The zero-order valence-corrected chi connectivity index (χ0v) is 20.8. The molecular formula is C21H38N6O3S. The van der Waals surface area contributed by atoms with Crippen LogP contribution >= 0.6 is 12.2 Å². The van der Waals surface area contributed by atoms with Crippen LogP contribution in [0.5, 0.6) is 6.01 Å². The van der Waals surface area contributed by atoms with E-state index in [-0.39, 0.29) is 28.0 Å². The summed E-state index contributed by atoms with van der Waals surface area (Å²) in [5.74, 6) is 0.510. The van der Waals surface area contributed by atoms with Gasteiger partial charge in [-0.25, -0.2) is 0 Å². The van der Waals surface area contributed by atoms with Gasteiger partial charge in [0.25, 0.3) is 6.01 Å². The van der Waals surface area contributed by atoms with Gasteiger partial charge in [-0.05, 0) is 80.4 Å². The average Bonchev–Trinajstić information content (AvgIpc) is 2.56. The number of ether oxygens (including phenoxy) is 1. The number of piperidine rings is 2. The number of hydroxylamine groups is 4. The molecule has 10 heteroatoms. The summed E-state index contributed by atoms with van der Waals surface area (Å²) in [5, 5.41) is 27.4. The summed E-state index contributed by atoms with van der Waals surface area (Å²) in [6.45, 7) is 16.1. The van der Waals surface area contributed by atoms with Crippen molar-refractivity contribution in [1.82, 2.24) is 25.1 Å². The molecule has 2 saturated heterocycles. The summed E-state index contributed by atoms with van der Waals surface area (Å²) in [5.41, 5.74) is -1.60. The van der Waals surface area contributed by atoms with Gasteiger partial charge < -0.3 is 20.5 Å². The molecule has 0 aliphatic carbocycles. The number of rotatable bonds is 4. The van der Waals surface area contributed by atoms with Crippen LogP contribution in [0.25, 0.3) is 0 Å². The largest absolute Gasteiger partial charge is 0.461 e. The van der Waals surface area contributed by atoms with Crippen LogP contribution < -0.4 is 10.1 Å². The summed E-state index contributed by atoms with van der Waals surface area (Å²) in [4.78, 5) is 11.7. The molecule has 176 valence electrons. The Labute approximate surface area is 190 Å². The topological polar surface area (TPSA) is 110 Å². The maximum atomic E-state index is 10.5. The fraction of sp³-hybridized carbons (Fsp3) is 0.857. The van der Waals surface area contributed by atoms with E-state index in [0.717, 1.165) is 12.8 Å². The molecule has 0 atom stereocenters. The van der Waals surface area contributed by atoms with E-state index in [0.29, 0.717) is 24.8 Å². The second-order valence-electron chi connectivity index (χ2n) is 11.6. The molecule has 4 N–H and O–H groups in total. The van der Waals surface area contributed by atoms with Crippen LogP contribution in [0.15, 0.2) is 0 Å². The molecule has 0 saturated carbocycles. The molecule has 2 fully saturated rings. The van der Waals surface area contributed by atoms with Crippen molar-refractivity contribution in [2.75, 3.05) is 5.32 Å². The first-order chi connectivity index (χ1) is 14.0. The van der Waals surface area contributed by atoms with Gasteiger partial charge in [-0.1, -0.05) is 0 Å². The van der Waals surface area contributed by atoms with E-state index in [1.807, 2.05) is 55.4 Å². The second-order valence-corrected chi connectivity index (χ2v) is 11.9. The van der Waals surface area contributed by atoms with E-state index in [2.05, 4.69) is 20.3 Å². The zero-order valence-electron chi connectivity index (χ0n) is 20.0. The molecule has 31 heavy (non-hydrogen) atoms. The third-order valence-corrected chi connectivity index (χ3v) is 6.67. The predicted molar refractivity (Wildman–Crippen MR) is 121 cm³/mol. The number of hydrogen-bond acceptors (Lipinski definition) is 9. The highest BCUT2D eigenvalue weighted by atomic mass is 32.1. The van der Waals surface area contributed by atoms with Crippen molar-refractivity contribution in [2.24, 2.45) is 0 Å². The van der Waals surface area contributed by atoms with Gasteiger partial charge in [-0.2, -0.15) is 20.1 Å². The van der Waals surface area contributed by atoms with Gasteiger partial charge in [0, 0.05) is 41.0 Å². The van der Waals surface area contributed by atoms with E-state index in [4.69, 9.17) is 17.0 Å². The molecule has 1 aromatic heterocycles. The van der Waals surface area contributed by atoms with Crippen molar-refractivity contribution in [3.8, 4) is 6.01 Å². The molecule has 1 aromatic rings. The summed E-state index contributed by atoms with van der Waals surface area (Å²) >= 11 is 5.28. The van der Waals surface area contributed by atoms with E-state index in [9.17, 15) is 10.4 Å². The highest BCUT2D eigenvalue weighted by Crippen LogP contribution is 2.39. The lowest BCUT2D eigenvalue weighted by Gasteiger charge is -2.51. The van der Waals surface area contributed by atoms with Gasteiger partial charge in [0.05, 0.1) is 0 Å². The highest BCUT2D eigenvalue weighted by Gasteiger charge is 2.47. The fourth-order valence-electron chi connectivity index (χ4n) is 5.47. The normalized spacial score (nSPS) is 26.5. The highest BCUT2D eigenvalue weighted by molar-refractivity contribution is 7.71. The van der Waals surface area contributed by atoms with Gasteiger partial charge in [-0.3, -0.25) is 4.98 Å². The van der Waals surface area contributed by atoms with Gasteiger partial charge in [0.2, 0.25) is 10.7 Å². The third-order valence-electron chi connectivity index (χ3n) is 6.49. The van der Waals surface area contributed by atoms with Gasteiger partial charge in [0.15, 0.2) is 0 Å². The Bertz CT molecular complexity index is 768. The quantitative estimate of drug-likeness (QED) is 0.499. The Morgan fingerprint density at radius 3 is 1.81 bits per heavy atom. The van der Waals surface area contributed by atoms with Crippen molar-refractivity contribution in [3.63, 3.8) is 0 Å². The minimum atomic E-state index is -0.424. The van der Waals surface area contributed by atoms with Crippen LogP contribution in [0.4, 0.5) is 5.95 Å². The predicted octanol–water partition coefficient (Wildman–Crippen LogP) is 4.15. The number of aromatic nitrogens is 3. The number of nitrogens with zero attached hydrogens (tertiary/aromatic N) is 4. The van der Waals surface area contributed by atoms with Crippen molar-refractivity contribution < 1.29 is 15.2 Å². The Balaban J connectivity index is 1.76. The number of hydrogen-bond donors (Lipinski definition) is 4. The van der Waals surface area contributed by atoms with Crippen LogP contribution in [0.2, 0.25) is 0 Å². The number of H-pyrrole nitrogens is 1. The first-order valence-corrected chi connectivity index (χ1v) is 11.3. The average molecular weight is 455 g/mol. The van der Waals surface area contributed by atoms with Crippen molar-refractivity contribution in [3.05, 3.63) is 4.77 Å². The summed E-state index contributed by atoms with van der Waals surface area (Å²) in [7, 11) is 0. The van der Waals surface area contributed by atoms with Gasteiger partial charge >= 0.3 is 0 Å². The minimum absolute atomic E-state index is 0.0947. The Morgan fingerprint density at radius 1 is 0.871 bits per heavy atom. The minimum Gasteiger partial charge on any atom is -0.461 e.